The number of ether oxygens (including phenoxy) is 3. The van der Waals surface area contributed by atoms with Crippen LogP contribution in [-0.2, 0) is 9.47 Å². The molecule has 0 aliphatic carbocycles. The van der Waals surface area contributed by atoms with E-state index in [1.54, 1.807) is 7.11 Å². The number of benzene rings is 1. The minimum atomic E-state index is -0.434. The van der Waals surface area contributed by atoms with Gasteiger partial charge in [0.25, 0.3) is 0 Å². The molecule has 0 amide bonds. The molecule has 2 rings (SSSR count). The Kier molecular flexibility index (Phi) is 4.90. The summed E-state index contributed by atoms with van der Waals surface area (Å²) >= 11 is 0.231. The van der Waals surface area contributed by atoms with Crippen LogP contribution in [0.15, 0.2) is 24.3 Å². The van der Waals surface area contributed by atoms with Crippen LogP contribution in [0.2, 0.25) is 5.32 Å². The van der Waals surface area contributed by atoms with Crippen molar-refractivity contribution in [3.8, 4) is 16.5 Å². The van der Waals surface area contributed by atoms with E-state index < -0.39 is 5.79 Å². The van der Waals surface area contributed by atoms with Crippen molar-refractivity contribution >= 4 is 15.0 Å². The van der Waals surface area contributed by atoms with Gasteiger partial charge in [0.2, 0.25) is 0 Å². The average molecular weight is 325 g/mol. The molecule has 1 aliphatic rings. The first-order chi connectivity index (χ1) is 9.11. The maximum absolute atomic E-state index is 5.75. The summed E-state index contributed by atoms with van der Waals surface area (Å²) in [4.78, 5) is 3.23. The van der Waals surface area contributed by atoms with Gasteiger partial charge in [-0.2, -0.15) is 0 Å². The van der Waals surface area contributed by atoms with E-state index in [0.29, 0.717) is 6.61 Å². The molecule has 19 heavy (non-hydrogen) atoms. The summed E-state index contributed by atoms with van der Waals surface area (Å²) < 4.78 is 16.5. The first-order valence-electron chi connectivity index (χ1n) is 6.18. The van der Waals surface area contributed by atoms with Crippen LogP contribution in [0, 0.1) is 10.7 Å². The van der Waals surface area contributed by atoms with E-state index >= 15 is 0 Å². The molecule has 0 N–H and O–H groups in total. The van der Waals surface area contributed by atoms with Gasteiger partial charge in [0.15, 0.2) is 0 Å². The van der Waals surface area contributed by atoms with E-state index in [1.165, 1.54) is 0 Å². The van der Waals surface area contributed by atoms with Crippen LogP contribution in [0.5, 0.6) is 5.75 Å². The summed E-state index contributed by atoms with van der Waals surface area (Å²) in [5, 5.41) is 0.957. The second kappa shape index (κ2) is 6.45. The van der Waals surface area contributed by atoms with E-state index in [2.05, 4.69) is 10.7 Å². The first kappa shape index (κ1) is 14.4. The van der Waals surface area contributed by atoms with Crippen molar-refractivity contribution in [1.82, 2.24) is 0 Å². The van der Waals surface area contributed by atoms with Crippen LogP contribution in [0.3, 0.4) is 0 Å². The van der Waals surface area contributed by atoms with E-state index in [9.17, 15) is 0 Å². The van der Waals surface area contributed by atoms with Gasteiger partial charge in [0.1, 0.15) is 0 Å². The Labute approximate surface area is 120 Å². The van der Waals surface area contributed by atoms with Crippen LogP contribution >= 0.6 is 0 Å². The summed E-state index contributed by atoms with van der Waals surface area (Å²) in [6.07, 6.45) is 0.182. The Bertz CT molecular complexity index is 488. The molecule has 1 aromatic rings. The monoisotopic (exact) mass is 326 g/mol. The summed E-state index contributed by atoms with van der Waals surface area (Å²) in [6, 6.07) is 7.81. The molecule has 4 heteroatoms. The van der Waals surface area contributed by atoms with Crippen molar-refractivity contribution in [2.75, 3.05) is 13.7 Å². The third kappa shape index (κ3) is 4.26. The Morgan fingerprint density at radius 1 is 1.42 bits per heavy atom. The fraction of sp³-hybridized carbons (Fsp3) is 0.467. The van der Waals surface area contributed by atoms with E-state index in [0.717, 1.165) is 16.6 Å². The number of para-hydroxylation sites is 1. The van der Waals surface area contributed by atoms with Gasteiger partial charge < -0.3 is 0 Å². The van der Waals surface area contributed by atoms with Gasteiger partial charge in [-0.25, -0.2) is 0 Å². The van der Waals surface area contributed by atoms with Gasteiger partial charge in [0, 0.05) is 0 Å². The van der Waals surface area contributed by atoms with Gasteiger partial charge in [0.05, 0.1) is 0 Å². The Morgan fingerprint density at radius 2 is 2.21 bits per heavy atom. The number of hydrogen-bond acceptors (Lipinski definition) is 3. The molecule has 0 bridgehead atoms. The average Bonchev–Trinajstić information content (AvgIpc) is 2.75. The van der Waals surface area contributed by atoms with E-state index in [4.69, 9.17) is 14.2 Å². The Morgan fingerprint density at radius 3 is 2.89 bits per heavy atom. The zero-order valence-corrected chi connectivity index (χ0v) is 13.1. The summed E-state index contributed by atoms with van der Waals surface area (Å²) in [5.41, 5.74) is 0.941. The second-order valence-electron chi connectivity index (χ2n) is 4.69. The van der Waals surface area contributed by atoms with Gasteiger partial charge in [-0.05, 0) is 0 Å². The molecule has 0 radical (unpaired) electrons. The number of methoxy groups -OCH3 is 1. The fourth-order valence-corrected chi connectivity index (χ4v) is 3.11. The van der Waals surface area contributed by atoms with Crippen LogP contribution in [0.1, 0.15) is 19.4 Å². The topological polar surface area (TPSA) is 27.7 Å². The predicted molar refractivity (Wildman–Crippen MR) is 75.3 cm³/mol. The van der Waals surface area contributed by atoms with E-state index in [1.807, 2.05) is 38.1 Å². The molecule has 1 saturated heterocycles. The van der Waals surface area contributed by atoms with Gasteiger partial charge in [-0.1, -0.05) is 0 Å². The van der Waals surface area contributed by atoms with Crippen molar-refractivity contribution in [2.24, 2.45) is 0 Å². The zero-order valence-electron chi connectivity index (χ0n) is 11.4. The van der Waals surface area contributed by atoms with Crippen molar-refractivity contribution in [2.45, 2.75) is 31.1 Å². The summed E-state index contributed by atoms with van der Waals surface area (Å²) in [5.74, 6) is 3.56. The summed E-state index contributed by atoms with van der Waals surface area (Å²) in [6.45, 7) is 4.56. The van der Waals surface area contributed by atoms with E-state index in [-0.39, 0.29) is 21.1 Å². The molecule has 1 fully saturated rings. The van der Waals surface area contributed by atoms with Crippen molar-refractivity contribution in [1.29, 1.82) is 0 Å². The molecule has 1 aromatic carbocycles. The first-order valence-corrected chi connectivity index (χ1v) is 8.25. The minimum absolute atomic E-state index is 0.182. The molecule has 3 nitrogen and oxygen atoms in total. The standard InChI is InChI=1S/C15H18O3Se/c1-15(2)17-10-13(18-15)11-19-9-8-12-6-4-5-7-14(12)16-3/h4-7,13H,10-11H2,1-3H3. The molecular formula is C15H18O3Se. The molecule has 102 valence electrons. The molecule has 1 unspecified atom stereocenters. The maximum atomic E-state index is 5.75. The fourth-order valence-electron chi connectivity index (χ4n) is 1.82. The van der Waals surface area contributed by atoms with Crippen molar-refractivity contribution < 1.29 is 14.2 Å². The van der Waals surface area contributed by atoms with Gasteiger partial charge in [-0.15, -0.1) is 0 Å². The second-order valence-corrected chi connectivity index (χ2v) is 6.42. The Hall–Kier alpha value is -0.981. The molecule has 1 heterocycles. The SMILES string of the molecule is COc1ccccc1C#C[Se]CC1COC(C)(C)O1. The normalized spacial score (nSPS) is 20.7. The number of hydrogen-bond donors (Lipinski definition) is 0. The zero-order chi connectivity index (χ0) is 13.7. The molecule has 1 atom stereocenters. The van der Waals surface area contributed by atoms with Crippen LogP contribution < -0.4 is 4.74 Å². The molecular weight excluding hydrogens is 307 g/mol. The van der Waals surface area contributed by atoms with Crippen molar-refractivity contribution in [3.63, 3.8) is 0 Å². The number of rotatable bonds is 3. The van der Waals surface area contributed by atoms with Gasteiger partial charge in [-0.3, -0.25) is 0 Å². The molecule has 0 spiro atoms. The Balaban J connectivity index is 1.85. The van der Waals surface area contributed by atoms with Crippen molar-refractivity contribution in [3.05, 3.63) is 29.8 Å². The predicted octanol–water partition coefficient (Wildman–Crippen LogP) is 2.28. The van der Waals surface area contributed by atoms with Crippen LogP contribution in [0.4, 0.5) is 0 Å². The summed E-state index contributed by atoms with van der Waals surface area (Å²) in [7, 11) is 1.66. The molecule has 1 aliphatic heterocycles. The molecule has 0 aromatic heterocycles. The quantitative estimate of drug-likeness (QED) is 0.630. The van der Waals surface area contributed by atoms with Crippen LogP contribution in [0.25, 0.3) is 0 Å². The molecule has 0 saturated carbocycles. The third-order valence-corrected chi connectivity index (χ3v) is 4.35. The van der Waals surface area contributed by atoms with Gasteiger partial charge >= 0.3 is 120 Å². The van der Waals surface area contributed by atoms with Crippen LogP contribution in [-0.4, -0.2) is 40.6 Å². The third-order valence-electron chi connectivity index (χ3n) is 2.70.